The van der Waals surface area contributed by atoms with E-state index in [1.54, 1.807) is 17.1 Å². The van der Waals surface area contributed by atoms with Gasteiger partial charge in [-0.15, -0.1) is 0 Å². The molecule has 0 amide bonds. The summed E-state index contributed by atoms with van der Waals surface area (Å²) in [7, 11) is 0. The first-order chi connectivity index (χ1) is 15.2. The largest absolute Gasteiger partial charge is 0.457 e. The van der Waals surface area contributed by atoms with E-state index in [0.717, 1.165) is 23.1 Å². The van der Waals surface area contributed by atoms with Gasteiger partial charge in [-0.25, -0.2) is 18.7 Å². The molecule has 7 heteroatoms. The number of rotatable bonds is 5. The van der Waals surface area contributed by atoms with E-state index in [2.05, 4.69) is 15.1 Å². The summed E-state index contributed by atoms with van der Waals surface area (Å²) in [6.07, 6.45) is 3.29. The van der Waals surface area contributed by atoms with Gasteiger partial charge < -0.3 is 4.74 Å². The summed E-state index contributed by atoms with van der Waals surface area (Å²) in [5, 5.41) is 4.37. The first-order valence-electron chi connectivity index (χ1n) is 9.62. The van der Waals surface area contributed by atoms with E-state index in [9.17, 15) is 8.78 Å². The Bertz CT molecular complexity index is 1320. The highest BCUT2D eigenvalue weighted by Crippen LogP contribution is 2.27. The van der Waals surface area contributed by atoms with Crippen molar-refractivity contribution in [2.45, 2.75) is 6.54 Å². The first kappa shape index (κ1) is 18.9. The molecule has 0 saturated heterocycles. The number of halogens is 2. The fourth-order valence-corrected chi connectivity index (χ4v) is 3.26. The van der Waals surface area contributed by atoms with Gasteiger partial charge in [-0.2, -0.15) is 5.10 Å². The zero-order valence-electron chi connectivity index (χ0n) is 16.2. The second-order valence-corrected chi connectivity index (χ2v) is 6.95. The molecule has 5 nitrogen and oxygen atoms in total. The highest BCUT2D eigenvalue weighted by Gasteiger charge is 2.18. The van der Waals surface area contributed by atoms with Crippen molar-refractivity contribution in [1.29, 1.82) is 0 Å². The van der Waals surface area contributed by atoms with Gasteiger partial charge in [-0.3, -0.25) is 4.68 Å². The quantitative estimate of drug-likeness (QED) is 0.378. The van der Waals surface area contributed by atoms with Crippen LogP contribution in [0.4, 0.5) is 8.78 Å². The molecule has 152 valence electrons. The predicted molar refractivity (Wildman–Crippen MR) is 112 cm³/mol. The van der Waals surface area contributed by atoms with Gasteiger partial charge >= 0.3 is 0 Å². The van der Waals surface area contributed by atoms with Gasteiger partial charge in [-0.1, -0.05) is 36.4 Å². The van der Waals surface area contributed by atoms with E-state index >= 15 is 0 Å². The third kappa shape index (κ3) is 3.98. The summed E-state index contributed by atoms with van der Waals surface area (Å²) < 4.78 is 35.2. The number of ether oxygens (including phenoxy) is 1. The van der Waals surface area contributed by atoms with Gasteiger partial charge in [0.2, 0.25) is 0 Å². The predicted octanol–water partition coefficient (Wildman–Crippen LogP) is 5.56. The molecule has 3 aromatic carbocycles. The van der Waals surface area contributed by atoms with Crippen LogP contribution in [0.5, 0.6) is 11.5 Å². The number of fused-ring (bicyclic) bond motifs is 1. The summed E-state index contributed by atoms with van der Waals surface area (Å²) in [5.41, 5.74) is 2.07. The van der Waals surface area contributed by atoms with Crippen LogP contribution in [0.1, 0.15) is 5.56 Å². The Kier molecular flexibility index (Phi) is 4.84. The van der Waals surface area contributed by atoms with Crippen molar-refractivity contribution in [3.8, 4) is 34.3 Å². The average molecular weight is 414 g/mol. The number of aromatic nitrogens is 4. The summed E-state index contributed by atoms with van der Waals surface area (Å²) in [5.74, 6) is -0.283. The summed E-state index contributed by atoms with van der Waals surface area (Å²) in [4.78, 5) is 8.64. The molecule has 0 aliphatic carbocycles. The van der Waals surface area contributed by atoms with Gasteiger partial charge in [0.25, 0.3) is 0 Å². The highest BCUT2D eigenvalue weighted by atomic mass is 19.2. The fourth-order valence-electron chi connectivity index (χ4n) is 3.26. The Morgan fingerprint density at radius 3 is 2.45 bits per heavy atom. The SMILES string of the molecule is Fc1cccc(-c2nc3cnn(Cc4cccc(Oc5ccccc5)c4)cc-3n2)c1F. The maximum Gasteiger partial charge on any atom is 0.169 e. The minimum Gasteiger partial charge on any atom is -0.457 e. The normalized spacial score (nSPS) is 11.0. The van der Waals surface area contributed by atoms with Crippen LogP contribution in [0.3, 0.4) is 0 Å². The molecular formula is C24H16F2N4O. The standard InChI is InChI=1S/C24H16F2N4O/c25-20-11-5-10-19(23(20)26)24-28-21-13-27-30(15-22(21)29-24)14-16-6-4-9-18(12-16)31-17-7-2-1-3-8-17/h1-13,15H,14H2. The van der Waals surface area contributed by atoms with Crippen LogP contribution in [0.25, 0.3) is 22.8 Å². The maximum absolute atomic E-state index is 14.1. The second-order valence-electron chi connectivity index (χ2n) is 6.95. The minimum atomic E-state index is -0.964. The van der Waals surface area contributed by atoms with E-state index in [1.807, 2.05) is 54.6 Å². The van der Waals surface area contributed by atoms with Crippen LogP contribution in [0.15, 0.2) is 85.2 Å². The molecule has 2 heterocycles. The Morgan fingerprint density at radius 1 is 0.806 bits per heavy atom. The number of hydrogen-bond acceptors (Lipinski definition) is 4. The minimum absolute atomic E-state index is 0.0218. The third-order valence-corrected chi connectivity index (χ3v) is 4.73. The zero-order chi connectivity index (χ0) is 21.2. The van der Waals surface area contributed by atoms with Crippen molar-refractivity contribution < 1.29 is 13.5 Å². The van der Waals surface area contributed by atoms with Crippen LogP contribution in [0, 0.1) is 11.6 Å². The van der Waals surface area contributed by atoms with Gasteiger partial charge in [0.1, 0.15) is 22.9 Å². The van der Waals surface area contributed by atoms with Crippen molar-refractivity contribution >= 4 is 0 Å². The van der Waals surface area contributed by atoms with Gasteiger partial charge in [-0.05, 0) is 42.0 Å². The average Bonchev–Trinajstić information content (AvgIpc) is 3.20. The molecule has 2 aliphatic heterocycles. The molecule has 0 atom stereocenters. The molecule has 0 saturated carbocycles. The fraction of sp³-hybridized carbons (Fsp3) is 0.0417. The number of benzene rings is 3. The zero-order valence-corrected chi connectivity index (χ0v) is 16.2. The van der Waals surface area contributed by atoms with Crippen LogP contribution in [-0.4, -0.2) is 19.7 Å². The van der Waals surface area contributed by atoms with Crippen molar-refractivity contribution in [2.24, 2.45) is 0 Å². The van der Waals surface area contributed by atoms with Crippen molar-refractivity contribution in [1.82, 2.24) is 19.7 Å². The molecule has 0 unspecified atom stereocenters. The summed E-state index contributed by atoms with van der Waals surface area (Å²) in [6, 6.07) is 21.2. The highest BCUT2D eigenvalue weighted by molar-refractivity contribution is 5.65. The van der Waals surface area contributed by atoms with Crippen molar-refractivity contribution in [3.05, 3.63) is 102 Å². The third-order valence-electron chi connectivity index (χ3n) is 4.73. The molecule has 2 aliphatic rings. The molecule has 31 heavy (non-hydrogen) atoms. The van der Waals surface area contributed by atoms with Crippen molar-refractivity contribution in [3.63, 3.8) is 0 Å². The summed E-state index contributed by atoms with van der Waals surface area (Å²) in [6.45, 7) is 0.485. The molecule has 0 bridgehead atoms. The van der Waals surface area contributed by atoms with Gasteiger partial charge in [0, 0.05) is 0 Å². The van der Waals surface area contributed by atoms with Crippen LogP contribution in [-0.2, 0) is 6.54 Å². The molecule has 0 radical (unpaired) electrons. The molecule has 0 spiro atoms. The van der Waals surface area contributed by atoms with Crippen LogP contribution >= 0.6 is 0 Å². The number of para-hydroxylation sites is 1. The van der Waals surface area contributed by atoms with Crippen molar-refractivity contribution in [2.75, 3.05) is 0 Å². The topological polar surface area (TPSA) is 52.8 Å². The Morgan fingerprint density at radius 2 is 1.58 bits per heavy atom. The number of imidazole rings is 1. The van der Waals surface area contributed by atoms with E-state index in [1.165, 1.54) is 12.1 Å². The van der Waals surface area contributed by atoms with E-state index in [-0.39, 0.29) is 11.4 Å². The molecule has 3 aromatic rings. The lowest BCUT2D eigenvalue weighted by Crippen LogP contribution is -2.05. The number of nitrogens with zero attached hydrogens (tertiary/aromatic N) is 4. The lowest BCUT2D eigenvalue weighted by Gasteiger charge is -2.09. The lowest BCUT2D eigenvalue weighted by molar-refractivity contribution is 0.481. The Labute approximate surface area is 176 Å². The molecular weight excluding hydrogens is 398 g/mol. The van der Waals surface area contributed by atoms with E-state index < -0.39 is 11.6 Å². The van der Waals surface area contributed by atoms with Gasteiger partial charge in [0.05, 0.1) is 24.5 Å². The van der Waals surface area contributed by atoms with Crippen LogP contribution in [0.2, 0.25) is 0 Å². The Hall–Kier alpha value is -4.13. The monoisotopic (exact) mass is 414 g/mol. The lowest BCUT2D eigenvalue weighted by atomic mass is 10.2. The second kappa shape index (κ2) is 7.95. The Balaban J connectivity index is 1.40. The molecule has 0 fully saturated rings. The summed E-state index contributed by atoms with van der Waals surface area (Å²) >= 11 is 0. The first-order valence-corrected chi connectivity index (χ1v) is 9.62. The van der Waals surface area contributed by atoms with Gasteiger partial charge in [0.15, 0.2) is 17.5 Å². The number of hydrogen-bond donors (Lipinski definition) is 0. The molecule has 5 rings (SSSR count). The van der Waals surface area contributed by atoms with Crippen LogP contribution < -0.4 is 4.74 Å². The molecule has 0 N–H and O–H groups in total. The molecule has 0 aromatic heterocycles. The van der Waals surface area contributed by atoms with E-state index in [4.69, 9.17) is 4.74 Å². The van der Waals surface area contributed by atoms with E-state index in [0.29, 0.717) is 17.9 Å². The smallest absolute Gasteiger partial charge is 0.169 e. The maximum atomic E-state index is 14.1.